The molecular formula is C57H41N3. The SMILES string of the molecule is C1=CCCC(c2cccc(-c3cccc(-c4nc(-c5ccc6c(c5)C=CCC6)nc(-c5ccccc5-c5ccc6cc(-c7ccc8ccccc8c7)ccc6c5)n4)c3)c2)=C1. The number of allylic oxidation sites excluding steroid dienone is 5. The monoisotopic (exact) mass is 767 g/mol. The fourth-order valence-corrected chi connectivity index (χ4v) is 8.79. The summed E-state index contributed by atoms with van der Waals surface area (Å²) in [5.41, 5.74) is 15.0. The molecule has 2 aliphatic rings. The van der Waals surface area contributed by atoms with E-state index in [2.05, 4.69) is 200 Å². The first-order chi connectivity index (χ1) is 29.7. The summed E-state index contributed by atoms with van der Waals surface area (Å²) in [7, 11) is 0. The maximum atomic E-state index is 5.27. The lowest BCUT2D eigenvalue weighted by atomic mass is 9.94. The van der Waals surface area contributed by atoms with E-state index in [1.54, 1.807) is 0 Å². The van der Waals surface area contributed by atoms with Crippen LogP contribution in [-0.2, 0) is 6.42 Å². The van der Waals surface area contributed by atoms with Gasteiger partial charge < -0.3 is 0 Å². The summed E-state index contributed by atoms with van der Waals surface area (Å²) in [4.78, 5) is 15.7. The molecule has 0 saturated heterocycles. The second-order valence-electron chi connectivity index (χ2n) is 15.9. The van der Waals surface area contributed by atoms with Crippen molar-refractivity contribution in [2.75, 3.05) is 0 Å². The molecule has 284 valence electrons. The highest BCUT2D eigenvalue weighted by Crippen LogP contribution is 2.37. The van der Waals surface area contributed by atoms with E-state index in [9.17, 15) is 0 Å². The number of aryl methyl sites for hydroxylation is 1. The molecule has 0 fully saturated rings. The van der Waals surface area contributed by atoms with Crippen LogP contribution in [0.5, 0.6) is 0 Å². The van der Waals surface area contributed by atoms with E-state index >= 15 is 0 Å². The molecule has 0 amide bonds. The second kappa shape index (κ2) is 15.4. The molecule has 0 atom stereocenters. The zero-order valence-corrected chi connectivity index (χ0v) is 33.2. The van der Waals surface area contributed by atoms with Crippen molar-refractivity contribution >= 4 is 33.2 Å². The van der Waals surface area contributed by atoms with Crippen LogP contribution in [0.4, 0.5) is 0 Å². The lowest BCUT2D eigenvalue weighted by Gasteiger charge is -2.15. The van der Waals surface area contributed by atoms with E-state index in [-0.39, 0.29) is 0 Å². The number of benzene rings is 8. The van der Waals surface area contributed by atoms with Crippen molar-refractivity contribution in [1.82, 2.24) is 15.0 Å². The summed E-state index contributed by atoms with van der Waals surface area (Å²) in [6.45, 7) is 0. The van der Waals surface area contributed by atoms with Crippen molar-refractivity contribution in [1.29, 1.82) is 0 Å². The Bertz CT molecular complexity index is 3220. The third kappa shape index (κ3) is 6.95. The quantitative estimate of drug-likeness (QED) is 0.162. The first-order valence-corrected chi connectivity index (χ1v) is 20.9. The van der Waals surface area contributed by atoms with Crippen LogP contribution in [0, 0.1) is 0 Å². The first-order valence-electron chi connectivity index (χ1n) is 20.9. The molecular weight excluding hydrogens is 727 g/mol. The molecule has 0 unspecified atom stereocenters. The zero-order chi connectivity index (χ0) is 39.8. The molecule has 0 saturated carbocycles. The van der Waals surface area contributed by atoms with Gasteiger partial charge >= 0.3 is 0 Å². The number of nitrogens with zero attached hydrogens (tertiary/aromatic N) is 3. The van der Waals surface area contributed by atoms with Crippen molar-refractivity contribution in [3.8, 4) is 67.5 Å². The van der Waals surface area contributed by atoms with E-state index in [1.807, 2.05) is 0 Å². The molecule has 0 radical (unpaired) electrons. The highest BCUT2D eigenvalue weighted by Gasteiger charge is 2.18. The minimum Gasteiger partial charge on any atom is -0.208 e. The largest absolute Gasteiger partial charge is 0.208 e. The van der Waals surface area contributed by atoms with Crippen LogP contribution >= 0.6 is 0 Å². The maximum Gasteiger partial charge on any atom is 0.164 e. The summed E-state index contributed by atoms with van der Waals surface area (Å²) >= 11 is 0. The molecule has 3 nitrogen and oxygen atoms in total. The minimum absolute atomic E-state index is 0.648. The minimum atomic E-state index is 0.648. The van der Waals surface area contributed by atoms with Crippen LogP contribution in [-0.4, -0.2) is 15.0 Å². The van der Waals surface area contributed by atoms with Gasteiger partial charge in [-0.05, 0) is 139 Å². The van der Waals surface area contributed by atoms with Gasteiger partial charge in [0.15, 0.2) is 17.5 Å². The van der Waals surface area contributed by atoms with Gasteiger partial charge in [-0.1, -0.05) is 164 Å². The van der Waals surface area contributed by atoms with Gasteiger partial charge in [0.1, 0.15) is 0 Å². The molecule has 11 rings (SSSR count). The molecule has 0 spiro atoms. The van der Waals surface area contributed by atoms with Gasteiger partial charge in [-0.2, -0.15) is 0 Å². The molecule has 1 heterocycles. The van der Waals surface area contributed by atoms with Crippen molar-refractivity contribution in [3.63, 3.8) is 0 Å². The summed E-state index contributed by atoms with van der Waals surface area (Å²) in [6.07, 6.45) is 15.4. The lowest BCUT2D eigenvalue weighted by Crippen LogP contribution is -2.02. The Kier molecular flexibility index (Phi) is 9.13. The predicted molar refractivity (Wildman–Crippen MR) is 251 cm³/mol. The smallest absolute Gasteiger partial charge is 0.164 e. The molecule has 0 bridgehead atoms. The van der Waals surface area contributed by atoms with Gasteiger partial charge in [-0.25, -0.2) is 15.0 Å². The van der Waals surface area contributed by atoms with Gasteiger partial charge in [0.05, 0.1) is 0 Å². The van der Waals surface area contributed by atoms with E-state index in [0.29, 0.717) is 17.5 Å². The third-order valence-electron chi connectivity index (χ3n) is 12.0. The summed E-state index contributed by atoms with van der Waals surface area (Å²) in [6, 6.07) is 61.4. The van der Waals surface area contributed by atoms with E-state index in [4.69, 9.17) is 15.0 Å². The van der Waals surface area contributed by atoms with Crippen molar-refractivity contribution in [2.24, 2.45) is 0 Å². The van der Waals surface area contributed by atoms with Crippen LogP contribution in [0.2, 0.25) is 0 Å². The highest BCUT2D eigenvalue weighted by molar-refractivity contribution is 5.94. The average molecular weight is 768 g/mol. The molecule has 0 N–H and O–H groups in total. The Hall–Kier alpha value is -7.49. The van der Waals surface area contributed by atoms with Gasteiger partial charge in [-0.15, -0.1) is 0 Å². The zero-order valence-electron chi connectivity index (χ0n) is 33.2. The molecule has 60 heavy (non-hydrogen) atoms. The van der Waals surface area contributed by atoms with Crippen LogP contribution < -0.4 is 0 Å². The number of hydrogen-bond acceptors (Lipinski definition) is 3. The molecule has 9 aromatic rings. The number of aromatic nitrogens is 3. The van der Waals surface area contributed by atoms with E-state index < -0.39 is 0 Å². The Labute approximate surface area is 350 Å². The van der Waals surface area contributed by atoms with Crippen LogP contribution in [0.1, 0.15) is 36.0 Å². The normalized spacial score (nSPS) is 13.4. The lowest BCUT2D eigenvalue weighted by molar-refractivity contribution is 0.985. The molecule has 8 aromatic carbocycles. The Morgan fingerprint density at radius 2 is 0.900 bits per heavy atom. The Balaban J connectivity index is 1.00. The third-order valence-corrected chi connectivity index (χ3v) is 12.0. The van der Waals surface area contributed by atoms with Gasteiger partial charge in [-0.3, -0.25) is 0 Å². The molecule has 1 aromatic heterocycles. The molecule has 2 aliphatic carbocycles. The Morgan fingerprint density at radius 1 is 0.350 bits per heavy atom. The fraction of sp³-hybridized carbons (Fsp3) is 0.0702. The van der Waals surface area contributed by atoms with E-state index in [0.717, 1.165) is 59.1 Å². The topological polar surface area (TPSA) is 38.7 Å². The number of hydrogen-bond donors (Lipinski definition) is 0. The second-order valence-corrected chi connectivity index (χ2v) is 15.9. The maximum absolute atomic E-state index is 5.27. The molecule has 3 heteroatoms. The van der Waals surface area contributed by atoms with Gasteiger partial charge in [0, 0.05) is 16.7 Å². The summed E-state index contributed by atoms with van der Waals surface area (Å²) < 4.78 is 0. The first kappa shape index (κ1) is 35.7. The highest BCUT2D eigenvalue weighted by atomic mass is 15.0. The number of rotatable bonds is 7. The van der Waals surface area contributed by atoms with Crippen molar-refractivity contribution < 1.29 is 0 Å². The average Bonchev–Trinajstić information content (AvgIpc) is 3.33. The fourth-order valence-electron chi connectivity index (χ4n) is 8.79. The van der Waals surface area contributed by atoms with E-state index in [1.165, 1.54) is 60.5 Å². The van der Waals surface area contributed by atoms with Gasteiger partial charge in [0.25, 0.3) is 0 Å². The predicted octanol–water partition coefficient (Wildman–Crippen LogP) is 14.9. The van der Waals surface area contributed by atoms with Crippen LogP contribution in [0.25, 0.3) is 101 Å². The summed E-state index contributed by atoms with van der Waals surface area (Å²) in [5, 5.41) is 4.88. The van der Waals surface area contributed by atoms with Crippen molar-refractivity contribution in [3.05, 3.63) is 211 Å². The standard InChI is InChI=1S/C57H41N3/c1-2-12-38(13-3-1)43-18-10-19-44(32-43)45-20-11-21-51(37-45)55-58-56(52-31-25-40-15-5-7-17-42(40)36-52)60-57(59-55)54-23-9-8-22-53(54)50-30-29-48-34-47(27-28-49(48)35-50)46-26-24-39-14-4-6-16-41(39)33-46/h1-2,4,6-12,14,16-37H,3,5,13,15H2. The van der Waals surface area contributed by atoms with Gasteiger partial charge in [0.2, 0.25) is 0 Å². The molecule has 0 aliphatic heterocycles. The summed E-state index contributed by atoms with van der Waals surface area (Å²) in [5.74, 6) is 1.96. The number of fused-ring (bicyclic) bond motifs is 3. The van der Waals surface area contributed by atoms with Crippen molar-refractivity contribution in [2.45, 2.75) is 25.7 Å². The Morgan fingerprint density at radius 3 is 1.67 bits per heavy atom. The van der Waals surface area contributed by atoms with Crippen LogP contribution in [0.15, 0.2) is 194 Å². The van der Waals surface area contributed by atoms with Crippen LogP contribution in [0.3, 0.4) is 0 Å².